The second-order valence-corrected chi connectivity index (χ2v) is 4.70. The first-order valence-electron chi connectivity index (χ1n) is 6.28. The first-order valence-corrected chi connectivity index (χ1v) is 6.66. The number of pyridine rings is 1. The molecule has 0 aliphatic rings. The minimum Gasteiger partial charge on any atom is -0.306 e. The SMILES string of the molecule is CNC(c1ccc(Cl)c(F)c1)C(F)(F)F.N#Cc1cccnc1. The summed E-state index contributed by atoms with van der Waals surface area (Å²) in [5.41, 5.74) is 0.402. The summed E-state index contributed by atoms with van der Waals surface area (Å²) < 4.78 is 50.2. The molecule has 3 nitrogen and oxygen atoms in total. The minimum atomic E-state index is -4.46. The van der Waals surface area contributed by atoms with E-state index in [1.807, 2.05) is 6.07 Å². The van der Waals surface area contributed by atoms with Crippen LogP contribution in [0.5, 0.6) is 0 Å². The van der Waals surface area contributed by atoms with E-state index in [0.29, 0.717) is 5.56 Å². The Morgan fingerprint density at radius 3 is 2.39 bits per heavy atom. The highest BCUT2D eigenvalue weighted by Crippen LogP contribution is 2.33. The Balaban J connectivity index is 0.000000277. The Morgan fingerprint density at radius 2 is 2.00 bits per heavy atom. The summed E-state index contributed by atoms with van der Waals surface area (Å²) in [5, 5.41) is 10.1. The third kappa shape index (κ3) is 5.85. The first-order chi connectivity index (χ1) is 10.8. The van der Waals surface area contributed by atoms with Crippen molar-refractivity contribution in [3.63, 3.8) is 0 Å². The molecule has 2 rings (SSSR count). The monoisotopic (exact) mass is 345 g/mol. The van der Waals surface area contributed by atoms with Crippen molar-refractivity contribution in [2.24, 2.45) is 0 Å². The molecule has 0 amide bonds. The Morgan fingerprint density at radius 1 is 1.30 bits per heavy atom. The van der Waals surface area contributed by atoms with Crippen LogP contribution in [-0.2, 0) is 0 Å². The number of halogens is 5. The standard InChI is InChI=1S/C9H8ClF4N.C6H4N2/c1-15-8(9(12,13)14)5-2-3-6(10)7(11)4-5;7-4-6-2-1-3-8-5-6/h2-4,8,15H,1H3;1-3,5H. The van der Waals surface area contributed by atoms with Crippen LogP contribution in [0.4, 0.5) is 17.6 Å². The Labute approximate surface area is 135 Å². The summed E-state index contributed by atoms with van der Waals surface area (Å²) in [6.07, 6.45) is -1.30. The molecule has 0 saturated heterocycles. The van der Waals surface area contributed by atoms with Crippen molar-refractivity contribution >= 4 is 11.6 Å². The molecule has 1 N–H and O–H groups in total. The molecule has 1 atom stereocenters. The molecule has 1 unspecified atom stereocenters. The summed E-state index contributed by atoms with van der Waals surface area (Å²) in [5.74, 6) is -0.862. The second kappa shape index (κ2) is 8.46. The highest BCUT2D eigenvalue weighted by Gasteiger charge is 2.39. The number of rotatable bonds is 2. The Hall–Kier alpha value is -2.17. The van der Waals surface area contributed by atoms with Crippen molar-refractivity contribution < 1.29 is 17.6 Å². The maximum absolute atomic E-state index is 12.9. The van der Waals surface area contributed by atoms with Gasteiger partial charge >= 0.3 is 6.18 Å². The number of hydrogen-bond donors (Lipinski definition) is 1. The Bertz CT molecular complexity index is 669. The van der Waals surface area contributed by atoms with Gasteiger partial charge in [0.2, 0.25) is 0 Å². The van der Waals surface area contributed by atoms with Gasteiger partial charge in [0.15, 0.2) is 0 Å². The van der Waals surface area contributed by atoms with Gasteiger partial charge in [0, 0.05) is 12.4 Å². The van der Waals surface area contributed by atoms with Gasteiger partial charge in [-0.05, 0) is 36.9 Å². The van der Waals surface area contributed by atoms with Crippen LogP contribution in [0.1, 0.15) is 17.2 Å². The second-order valence-electron chi connectivity index (χ2n) is 4.29. The quantitative estimate of drug-likeness (QED) is 0.827. The molecule has 23 heavy (non-hydrogen) atoms. The highest BCUT2D eigenvalue weighted by molar-refractivity contribution is 6.30. The lowest BCUT2D eigenvalue weighted by Gasteiger charge is -2.19. The molecule has 0 saturated carbocycles. The van der Waals surface area contributed by atoms with E-state index in [0.717, 1.165) is 25.2 Å². The van der Waals surface area contributed by atoms with Gasteiger partial charge in [0.05, 0.1) is 10.6 Å². The molecular formula is C15H12ClF4N3. The van der Waals surface area contributed by atoms with Gasteiger partial charge in [0.1, 0.15) is 17.9 Å². The maximum atomic E-state index is 12.9. The average Bonchev–Trinajstić information content (AvgIpc) is 2.51. The van der Waals surface area contributed by atoms with Gasteiger partial charge in [-0.25, -0.2) is 4.39 Å². The molecule has 0 bridgehead atoms. The van der Waals surface area contributed by atoms with Crippen molar-refractivity contribution in [2.45, 2.75) is 12.2 Å². The van der Waals surface area contributed by atoms with Crippen LogP contribution in [0.25, 0.3) is 0 Å². The summed E-state index contributed by atoms with van der Waals surface area (Å²) >= 11 is 5.37. The zero-order valence-electron chi connectivity index (χ0n) is 11.9. The average molecular weight is 346 g/mol. The molecule has 0 aliphatic carbocycles. The molecule has 0 aliphatic heterocycles. The summed E-state index contributed by atoms with van der Waals surface area (Å²) in [4.78, 5) is 3.73. The Kier molecular flexibility index (Phi) is 6.94. The van der Waals surface area contributed by atoms with E-state index in [1.54, 1.807) is 18.3 Å². The van der Waals surface area contributed by atoms with Gasteiger partial charge in [-0.15, -0.1) is 0 Å². The lowest BCUT2D eigenvalue weighted by atomic mass is 10.1. The van der Waals surface area contributed by atoms with Crippen molar-refractivity contribution in [1.29, 1.82) is 5.26 Å². The van der Waals surface area contributed by atoms with Crippen LogP contribution < -0.4 is 5.32 Å². The van der Waals surface area contributed by atoms with Crippen molar-refractivity contribution in [2.75, 3.05) is 7.05 Å². The highest BCUT2D eigenvalue weighted by atomic mass is 35.5. The largest absolute Gasteiger partial charge is 0.407 e. The van der Waals surface area contributed by atoms with Crippen LogP contribution in [0.15, 0.2) is 42.7 Å². The number of nitrogens with one attached hydrogen (secondary N) is 1. The van der Waals surface area contributed by atoms with Crippen molar-refractivity contribution in [3.8, 4) is 6.07 Å². The van der Waals surface area contributed by atoms with E-state index in [1.165, 1.54) is 6.20 Å². The van der Waals surface area contributed by atoms with Crippen molar-refractivity contribution in [1.82, 2.24) is 10.3 Å². The molecule has 1 aromatic heterocycles. The fraction of sp³-hybridized carbons (Fsp3) is 0.200. The molecule has 122 valence electrons. The van der Waals surface area contributed by atoms with E-state index >= 15 is 0 Å². The van der Waals surface area contributed by atoms with Crippen LogP contribution in [0, 0.1) is 17.1 Å². The number of nitrogens with zero attached hydrogens (tertiary/aromatic N) is 2. The van der Waals surface area contributed by atoms with Gasteiger partial charge < -0.3 is 5.32 Å². The van der Waals surface area contributed by atoms with E-state index in [2.05, 4.69) is 10.3 Å². The van der Waals surface area contributed by atoms with E-state index < -0.39 is 18.0 Å². The molecule has 0 fully saturated rings. The number of alkyl halides is 3. The number of nitriles is 1. The predicted octanol–water partition coefficient (Wildman–Crippen LogP) is 4.26. The minimum absolute atomic E-state index is 0.198. The lowest BCUT2D eigenvalue weighted by molar-refractivity contribution is -0.156. The summed E-state index contributed by atoms with van der Waals surface area (Å²) in [6, 6.07) is 6.54. The number of benzene rings is 1. The zero-order chi connectivity index (χ0) is 17.5. The zero-order valence-corrected chi connectivity index (χ0v) is 12.7. The molecular weight excluding hydrogens is 334 g/mol. The first kappa shape index (κ1) is 18.9. The predicted molar refractivity (Wildman–Crippen MR) is 78.2 cm³/mol. The maximum Gasteiger partial charge on any atom is 0.407 e. The molecule has 0 radical (unpaired) electrons. The fourth-order valence-electron chi connectivity index (χ4n) is 1.64. The topological polar surface area (TPSA) is 48.7 Å². The van der Waals surface area contributed by atoms with Crippen LogP contribution in [0.3, 0.4) is 0 Å². The molecule has 0 spiro atoms. The molecule has 1 heterocycles. The third-order valence-electron chi connectivity index (χ3n) is 2.68. The third-order valence-corrected chi connectivity index (χ3v) is 2.99. The summed E-state index contributed by atoms with van der Waals surface area (Å²) in [6.45, 7) is 0. The number of hydrogen-bond acceptors (Lipinski definition) is 3. The molecule has 8 heteroatoms. The summed E-state index contributed by atoms with van der Waals surface area (Å²) in [7, 11) is 1.16. The number of aromatic nitrogens is 1. The molecule has 1 aromatic carbocycles. The fourth-order valence-corrected chi connectivity index (χ4v) is 1.76. The van der Waals surface area contributed by atoms with E-state index in [4.69, 9.17) is 16.9 Å². The van der Waals surface area contributed by atoms with Gasteiger partial charge in [-0.1, -0.05) is 17.7 Å². The lowest BCUT2D eigenvalue weighted by Crippen LogP contribution is -2.31. The van der Waals surface area contributed by atoms with Gasteiger partial charge in [-0.2, -0.15) is 18.4 Å². The smallest absolute Gasteiger partial charge is 0.306 e. The van der Waals surface area contributed by atoms with E-state index in [9.17, 15) is 17.6 Å². The molecule has 2 aromatic rings. The van der Waals surface area contributed by atoms with Crippen LogP contribution >= 0.6 is 11.6 Å². The van der Waals surface area contributed by atoms with Crippen molar-refractivity contribution in [3.05, 3.63) is 64.7 Å². The van der Waals surface area contributed by atoms with E-state index in [-0.39, 0.29) is 10.6 Å². The van der Waals surface area contributed by atoms with Gasteiger partial charge in [-0.3, -0.25) is 4.98 Å². The normalized spacial score (nSPS) is 11.9. The van der Waals surface area contributed by atoms with Crippen LogP contribution in [-0.4, -0.2) is 18.2 Å². The van der Waals surface area contributed by atoms with Crippen LogP contribution in [0.2, 0.25) is 5.02 Å². The van der Waals surface area contributed by atoms with Gasteiger partial charge in [0.25, 0.3) is 0 Å².